The molecule has 3 aromatic carbocycles. The van der Waals surface area contributed by atoms with Crippen LogP contribution in [-0.2, 0) is 13.2 Å². The summed E-state index contributed by atoms with van der Waals surface area (Å²) < 4.78 is 7.69. The fraction of sp³-hybridized carbons (Fsp3) is 0.154. The van der Waals surface area contributed by atoms with Crippen LogP contribution in [0.3, 0.4) is 0 Å². The second-order valence-electron chi connectivity index (χ2n) is 7.53. The molecule has 0 saturated carbocycles. The van der Waals surface area contributed by atoms with Crippen molar-refractivity contribution in [1.29, 1.82) is 0 Å². The van der Waals surface area contributed by atoms with E-state index in [1.54, 1.807) is 18.2 Å². The minimum Gasteiger partial charge on any atom is -0.489 e. The Morgan fingerprint density at radius 2 is 1.78 bits per heavy atom. The summed E-state index contributed by atoms with van der Waals surface area (Å²) in [4.78, 5) is 12.8. The molecule has 6 heteroatoms. The van der Waals surface area contributed by atoms with Crippen LogP contribution in [0.5, 0.6) is 5.75 Å². The molecule has 4 rings (SSSR count). The third kappa shape index (κ3) is 5.01. The number of benzene rings is 3. The van der Waals surface area contributed by atoms with Gasteiger partial charge in [0.15, 0.2) is 0 Å². The predicted molar refractivity (Wildman–Crippen MR) is 126 cm³/mol. The molecular formula is C26H24ClN3O2. The normalized spacial score (nSPS) is 10.7. The minimum absolute atomic E-state index is 0.138. The number of carbonyl (C=O) groups excluding carboxylic acids is 1. The lowest BCUT2D eigenvalue weighted by Crippen LogP contribution is -2.23. The molecule has 0 unspecified atom stereocenters. The number of hydrogen-bond acceptors (Lipinski definition) is 3. The highest BCUT2D eigenvalue weighted by molar-refractivity contribution is 6.30. The number of aryl methyl sites for hydroxylation is 1. The Bertz CT molecular complexity index is 1240. The van der Waals surface area contributed by atoms with Crippen molar-refractivity contribution in [3.8, 4) is 11.4 Å². The van der Waals surface area contributed by atoms with Crippen LogP contribution in [0.15, 0.2) is 78.9 Å². The largest absolute Gasteiger partial charge is 0.489 e. The van der Waals surface area contributed by atoms with Gasteiger partial charge in [-0.2, -0.15) is 5.10 Å². The molecule has 1 amide bonds. The Morgan fingerprint density at radius 1 is 1.00 bits per heavy atom. The SMILES string of the molecule is Cc1nn(-c2ccccc2)c(C)c1CNC(=O)c1cccc(COc2cccc(Cl)c2)c1. The van der Waals surface area contributed by atoms with Gasteiger partial charge in [-0.15, -0.1) is 0 Å². The molecular weight excluding hydrogens is 422 g/mol. The molecule has 1 aromatic heterocycles. The highest BCUT2D eigenvalue weighted by Crippen LogP contribution is 2.20. The molecule has 32 heavy (non-hydrogen) atoms. The third-order valence-corrected chi connectivity index (χ3v) is 5.49. The highest BCUT2D eigenvalue weighted by atomic mass is 35.5. The second kappa shape index (κ2) is 9.71. The van der Waals surface area contributed by atoms with Crippen LogP contribution in [0.25, 0.3) is 5.69 Å². The number of hydrogen-bond donors (Lipinski definition) is 1. The van der Waals surface area contributed by atoms with Crippen molar-refractivity contribution in [2.75, 3.05) is 0 Å². The zero-order valence-corrected chi connectivity index (χ0v) is 18.8. The van der Waals surface area contributed by atoms with E-state index in [1.807, 2.05) is 79.2 Å². The summed E-state index contributed by atoms with van der Waals surface area (Å²) in [5, 5.41) is 8.29. The second-order valence-corrected chi connectivity index (χ2v) is 7.96. The number of nitrogens with one attached hydrogen (secondary N) is 1. The molecule has 0 aliphatic heterocycles. The Morgan fingerprint density at radius 3 is 2.56 bits per heavy atom. The first kappa shape index (κ1) is 21.7. The Kier molecular flexibility index (Phi) is 6.57. The number of amides is 1. The minimum atomic E-state index is -0.138. The molecule has 0 atom stereocenters. The summed E-state index contributed by atoms with van der Waals surface area (Å²) >= 11 is 6.00. The molecule has 5 nitrogen and oxygen atoms in total. The van der Waals surface area contributed by atoms with Crippen molar-refractivity contribution in [2.45, 2.75) is 27.0 Å². The van der Waals surface area contributed by atoms with E-state index in [1.165, 1.54) is 0 Å². The maximum atomic E-state index is 12.8. The van der Waals surface area contributed by atoms with Crippen LogP contribution in [0.1, 0.15) is 32.9 Å². The topological polar surface area (TPSA) is 56.2 Å². The predicted octanol–water partition coefficient (Wildman–Crippen LogP) is 5.65. The van der Waals surface area contributed by atoms with Crippen molar-refractivity contribution >= 4 is 17.5 Å². The number of nitrogens with zero attached hydrogens (tertiary/aromatic N) is 2. The summed E-state index contributed by atoms with van der Waals surface area (Å²) in [7, 11) is 0. The van der Waals surface area contributed by atoms with Gasteiger partial charge in [0.1, 0.15) is 12.4 Å². The molecule has 0 spiro atoms. The average molecular weight is 446 g/mol. The van der Waals surface area contributed by atoms with Crippen molar-refractivity contribution < 1.29 is 9.53 Å². The summed E-state index contributed by atoms with van der Waals surface area (Å²) in [6.45, 7) is 4.74. The first-order valence-corrected chi connectivity index (χ1v) is 10.7. The maximum Gasteiger partial charge on any atom is 0.251 e. The molecule has 1 N–H and O–H groups in total. The molecule has 0 radical (unpaired) electrons. The molecule has 0 bridgehead atoms. The Balaban J connectivity index is 1.42. The average Bonchev–Trinajstić information content (AvgIpc) is 3.10. The molecule has 0 saturated heterocycles. The van der Waals surface area contributed by atoms with Crippen molar-refractivity contribution in [3.63, 3.8) is 0 Å². The van der Waals surface area contributed by atoms with Gasteiger partial charge in [0, 0.05) is 28.4 Å². The van der Waals surface area contributed by atoms with E-state index in [2.05, 4.69) is 10.4 Å². The number of aromatic nitrogens is 2. The van der Waals surface area contributed by atoms with Gasteiger partial charge >= 0.3 is 0 Å². The molecule has 0 aliphatic carbocycles. The summed E-state index contributed by atoms with van der Waals surface area (Å²) in [5.41, 5.74) is 5.42. The molecule has 1 heterocycles. The molecule has 4 aromatic rings. The first-order valence-electron chi connectivity index (χ1n) is 10.4. The van der Waals surface area contributed by atoms with Gasteiger partial charge in [-0.25, -0.2) is 4.68 Å². The maximum absolute atomic E-state index is 12.8. The van der Waals surface area contributed by atoms with Gasteiger partial charge in [0.05, 0.1) is 11.4 Å². The van der Waals surface area contributed by atoms with Gasteiger partial charge in [-0.1, -0.05) is 48.0 Å². The summed E-state index contributed by atoms with van der Waals surface area (Å²) in [6.07, 6.45) is 0. The van der Waals surface area contributed by atoms with Gasteiger partial charge in [-0.05, 0) is 61.9 Å². The van der Waals surface area contributed by atoms with Crippen LogP contribution in [0.4, 0.5) is 0 Å². The lowest BCUT2D eigenvalue weighted by Gasteiger charge is -2.10. The monoisotopic (exact) mass is 445 g/mol. The van der Waals surface area contributed by atoms with Gasteiger partial charge in [0.25, 0.3) is 5.91 Å². The fourth-order valence-corrected chi connectivity index (χ4v) is 3.73. The number of rotatable bonds is 7. The van der Waals surface area contributed by atoms with E-state index in [4.69, 9.17) is 16.3 Å². The van der Waals surface area contributed by atoms with Gasteiger partial charge < -0.3 is 10.1 Å². The van der Waals surface area contributed by atoms with E-state index in [0.717, 1.165) is 28.2 Å². The number of halogens is 1. The number of para-hydroxylation sites is 1. The zero-order chi connectivity index (χ0) is 22.5. The molecule has 0 aliphatic rings. The van der Waals surface area contributed by atoms with Crippen LogP contribution < -0.4 is 10.1 Å². The molecule has 162 valence electrons. The molecule has 0 fully saturated rings. The van der Waals surface area contributed by atoms with E-state index < -0.39 is 0 Å². The van der Waals surface area contributed by atoms with Crippen LogP contribution >= 0.6 is 11.6 Å². The first-order chi connectivity index (χ1) is 15.5. The smallest absolute Gasteiger partial charge is 0.251 e. The lowest BCUT2D eigenvalue weighted by molar-refractivity contribution is 0.0950. The summed E-state index contributed by atoms with van der Waals surface area (Å²) in [5.74, 6) is 0.551. The highest BCUT2D eigenvalue weighted by Gasteiger charge is 2.14. The van der Waals surface area contributed by atoms with Crippen molar-refractivity contribution in [3.05, 3.63) is 112 Å². The van der Waals surface area contributed by atoms with E-state index in [9.17, 15) is 4.79 Å². The third-order valence-electron chi connectivity index (χ3n) is 5.26. The lowest BCUT2D eigenvalue weighted by atomic mass is 10.1. The number of carbonyl (C=O) groups is 1. The Labute approximate surface area is 192 Å². The van der Waals surface area contributed by atoms with E-state index in [0.29, 0.717) is 29.5 Å². The van der Waals surface area contributed by atoms with Gasteiger partial charge in [0.2, 0.25) is 0 Å². The number of ether oxygens (including phenoxy) is 1. The van der Waals surface area contributed by atoms with E-state index in [-0.39, 0.29) is 5.91 Å². The van der Waals surface area contributed by atoms with Crippen molar-refractivity contribution in [2.24, 2.45) is 0 Å². The summed E-state index contributed by atoms with van der Waals surface area (Å²) in [6, 6.07) is 24.6. The van der Waals surface area contributed by atoms with E-state index >= 15 is 0 Å². The Hall–Kier alpha value is -3.57. The quantitative estimate of drug-likeness (QED) is 0.400. The zero-order valence-electron chi connectivity index (χ0n) is 18.0. The van der Waals surface area contributed by atoms with Crippen molar-refractivity contribution in [1.82, 2.24) is 15.1 Å². The van der Waals surface area contributed by atoms with Crippen LogP contribution in [0.2, 0.25) is 5.02 Å². The van der Waals surface area contributed by atoms with Gasteiger partial charge in [-0.3, -0.25) is 4.79 Å². The van der Waals surface area contributed by atoms with Crippen LogP contribution in [-0.4, -0.2) is 15.7 Å². The fourth-order valence-electron chi connectivity index (χ4n) is 3.55. The standard InChI is InChI=1S/C26H24ClN3O2/c1-18-25(19(2)30(29-18)23-11-4-3-5-12-23)16-28-26(31)21-9-6-8-20(14-21)17-32-24-13-7-10-22(27)15-24/h3-15H,16-17H2,1-2H3,(H,28,31). The van der Waals surface area contributed by atoms with Crippen LogP contribution in [0, 0.1) is 13.8 Å².